The summed E-state index contributed by atoms with van der Waals surface area (Å²) in [5.41, 5.74) is 1.86. The van der Waals surface area contributed by atoms with Gasteiger partial charge >= 0.3 is 0 Å². The lowest BCUT2D eigenvalue weighted by molar-refractivity contribution is 0.0975. The van der Waals surface area contributed by atoms with Crippen molar-refractivity contribution in [2.45, 2.75) is 19.3 Å². The molecule has 1 saturated heterocycles. The van der Waals surface area contributed by atoms with Crippen LogP contribution >= 0.6 is 0 Å². The molecule has 2 aromatic carbocycles. The van der Waals surface area contributed by atoms with Crippen LogP contribution in [0.15, 0.2) is 30.5 Å². The monoisotopic (exact) mass is 865 g/mol. The van der Waals surface area contributed by atoms with E-state index in [2.05, 4.69) is 41.1 Å². The summed E-state index contributed by atoms with van der Waals surface area (Å²) in [5.74, 6) is -0.334. The predicted octanol–water partition coefficient (Wildman–Crippen LogP) is -1.15. The normalized spacial score (nSPS) is 13.4. The van der Waals surface area contributed by atoms with Gasteiger partial charge in [-0.1, -0.05) is 0 Å². The van der Waals surface area contributed by atoms with E-state index in [4.69, 9.17) is 15.2 Å². The Balaban J connectivity index is 0.000000235. The fraction of sp³-hybridized carbons (Fsp3) is 0.512. The van der Waals surface area contributed by atoms with Gasteiger partial charge < -0.3 is 76.8 Å². The van der Waals surface area contributed by atoms with Crippen LogP contribution in [0.5, 0.6) is 11.5 Å². The van der Waals surface area contributed by atoms with Crippen molar-refractivity contribution >= 4 is 51.7 Å². The van der Waals surface area contributed by atoms with E-state index in [1.165, 1.54) is 18.6 Å². The average Bonchev–Trinajstić information content (AvgIpc) is 3.28. The molecule has 0 amide bonds. The lowest BCUT2D eigenvalue weighted by Gasteiger charge is -2.30. The molecule has 0 bridgehead atoms. The maximum Gasteiger partial charge on any atom is 0.228 e. The minimum atomic E-state index is -0.559. The summed E-state index contributed by atoms with van der Waals surface area (Å²) in [5, 5.41) is 88.0. The molecule has 62 heavy (non-hydrogen) atoms. The number of phenols is 2. The number of benzene rings is 2. The SMILES string of the molecule is O=C1c2c(O)ccc(O)c2C(=O)c2c(NCCNCCO)ccc(NCCNCCO)c21.OCCN(CCO)c1nc(N2CCCCC2)c2nc(N(CCO)CCO)ncc2n1. The van der Waals surface area contributed by atoms with Gasteiger partial charge in [0.2, 0.25) is 23.5 Å². The quantitative estimate of drug-likeness (QED) is 0.0273. The van der Waals surface area contributed by atoms with Crippen molar-refractivity contribution in [1.82, 2.24) is 30.6 Å². The van der Waals surface area contributed by atoms with Gasteiger partial charge in [0.05, 0.1) is 68.1 Å². The van der Waals surface area contributed by atoms with Gasteiger partial charge in [-0.15, -0.1) is 0 Å². The maximum absolute atomic E-state index is 13.4. The van der Waals surface area contributed by atoms with Gasteiger partial charge in [0.25, 0.3) is 0 Å². The van der Waals surface area contributed by atoms with Crippen molar-refractivity contribution in [3.8, 4) is 11.5 Å². The summed E-state index contributed by atoms with van der Waals surface area (Å²) < 4.78 is 0. The second-order valence-corrected chi connectivity index (χ2v) is 14.4. The third-order valence-corrected chi connectivity index (χ3v) is 10.2. The molecular weight excluding hydrogens is 807 g/mol. The minimum absolute atomic E-state index is 0.00939. The fourth-order valence-corrected chi connectivity index (χ4v) is 7.26. The number of phenolic OH excluding ortho intramolecular Hbond substituents is 2. The highest BCUT2D eigenvalue weighted by Crippen LogP contribution is 2.42. The topological polar surface area (TPSA) is 305 Å². The lowest BCUT2D eigenvalue weighted by Crippen LogP contribution is -2.34. The third-order valence-electron chi connectivity index (χ3n) is 10.2. The summed E-state index contributed by atoms with van der Waals surface area (Å²) in [6, 6.07) is 5.74. The first-order valence-corrected chi connectivity index (χ1v) is 20.9. The molecule has 3 heterocycles. The van der Waals surface area contributed by atoms with Crippen LogP contribution in [-0.2, 0) is 0 Å². The number of piperidine rings is 1. The van der Waals surface area contributed by atoms with E-state index in [0.29, 0.717) is 106 Å². The number of aliphatic hydroxyl groups excluding tert-OH is 6. The molecule has 6 rings (SSSR count). The molecule has 12 N–H and O–H groups in total. The van der Waals surface area contributed by atoms with E-state index in [0.717, 1.165) is 25.9 Å². The molecule has 4 aromatic rings. The highest BCUT2D eigenvalue weighted by molar-refractivity contribution is 6.33. The number of hydrogen-bond acceptors (Lipinski definition) is 21. The number of aliphatic hydroxyl groups is 6. The van der Waals surface area contributed by atoms with E-state index < -0.39 is 11.6 Å². The predicted molar refractivity (Wildman–Crippen MR) is 234 cm³/mol. The minimum Gasteiger partial charge on any atom is -0.507 e. The number of fused-ring (bicyclic) bond motifs is 3. The Morgan fingerprint density at radius 2 is 1.03 bits per heavy atom. The zero-order chi connectivity index (χ0) is 44.4. The summed E-state index contributed by atoms with van der Waals surface area (Å²) in [7, 11) is 0. The highest BCUT2D eigenvalue weighted by Gasteiger charge is 2.38. The Hall–Kier alpha value is -5.52. The molecule has 21 heteroatoms. The van der Waals surface area contributed by atoms with Crippen molar-refractivity contribution in [3.05, 3.63) is 52.7 Å². The van der Waals surface area contributed by atoms with Crippen LogP contribution in [0.25, 0.3) is 11.0 Å². The second kappa shape index (κ2) is 24.2. The number of carbonyl (C=O) groups excluding carboxylic acids is 2. The smallest absolute Gasteiger partial charge is 0.228 e. The lowest BCUT2D eigenvalue weighted by atomic mass is 9.81. The van der Waals surface area contributed by atoms with Crippen molar-refractivity contribution in [1.29, 1.82) is 0 Å². The molecule has 1 fully saturated rings. The van der Waals surface area contributed by atoms with Gasteiger partial charge in [0.1, 0.15) is 22.5 Å². The summed E-state index contributed by atoms with van der Waals surface area (Å²) in [6.45, 7) is 5.47. The first-order chi connectivity index (χ1) is 30.2. The van der Waals surface area contributed by atoms with Crippen LogP contribution in [0, 0.1) is 0 Å². The van der Waals surface area contributed by atoms with Crippen LogP contribution in [-0.4, -0.2) is 191 Å². The van der Waals surface area contributed by atoms with E-state index in [9.17, 15) is 40.2 Å². The summed E-state index contributed by atoms with van der Waals surface area (Å²) >= 11 is 0. The first kappa shape index (κ1) is 47.5. The van der Waals surface area contributed by atoms with Gasteiger partial charge in [-0.05, 0) is 43.5 Å². The van der Waals surface area contributed by atoms with Crippen molar-refractivity contribution < 1.29 is 50.4 Å². The Labute approximate surface area is 359 Å². The number of ketones is 2. The zero-order valence-corrected chi connectivity index (χ0v) is 34.8. The highest BCUT2D eigenvalue weighted by atomic mass is 16.3. The van der Waals surface area contributed by atoms with E-state index in [1.54, 1.807) is 28.1 Å². The van der Waals surface area contributed by atoms with Crippen LogP contribution in [0.1, 0.15) is 51.1 Å². The zero-order valence-electron chi connectivity index (χ0n) is 34.8. The fourth-order valence-electron chi connectivity index (χ4n) is 7.26. The number of hydrogen-bond donors (Lipinski definition) is 12. The molecule has 0 saturated carbocycles. The number of aromatic nitrogens is 4. The molecule has 0 atom stereocenters. The Bertz CT molecular complexity index is 2000. The third kappa shape index (κ3) is 11.7. The number of nitrogens with one attached hydrogen (secondary N) is 4. The van der Waals surface area contributed by atoms with Gasteiger partial charge in [-0.2, -0.15) is 4.98 Å². The van der Waals surface area contributed by atoms with Crippen molar-refractivity contribution in [3.63, 3.8) is 0 Å². The summed E-state index contributed by atoms with van der Waals surface area (Å²) in [6.07, 6.45) is 4.93. The van der Waals surface area contributed by atoms with Gasteiger partial charge in [-0.3, -0.25) is 9.59 Å². The van der Waals surface area contributed by atoms with Crippen molar-refractivity contribution in [2.24, 2.45) is 0 Å². The molecule has 0 unspecified atom stereocenters. The van der Waals surface area contributed by atoms with Crippen LogP contribution in [0.2, 0.25) is 0 Å². The van der Waals surface area contributed by atoms with Gasteiger partial charge in [0.15, 0.2) is 5.82 Å². The van der Waals surface area contributed by atoms with Crippen LogP contribution in [0.4, 0.5) is 29.1 Å². The number of rotatable bonds is 23. The molecule has 1 aliphatic heterocycles. The van der Waals surface area contributed by atoms with E-state index in [1.807, 2.05) is 0 Å². The Morgan fingerprint density at radius 3 is 1.50 bits per heavy atom. The van der Waals surface area contributed by atoms with E-state index >= 15 is 0 Å². The Morgan fingerprint density at radius 1 is 0.548 bits per heavy atom. The molecule has 2 aromatic heterocycles. The van der Waals surface area contributed by atoms with Crippen molar-refractivity contribution in [2.75, 3.05) is 144 Å². The molecule has 338 valence electrons. The first-order valence-electron chi connectivity index (χ1n) is 20.9. The largest absolute Gasteiger partial charge is 0.507 e. The molecular formula is C41H59N11O10. The molecule has 2 aliphatic rings. The van der Waals surface area contributed by atoms with Gasteiger partial charge in [0, 0.05) is 89.9 Å². The van der Waals surface area contributed by atoms with Crippen LogP contribution < -0.4 is 36.0 Å². The number of carbonyl (C=O) groups is 2. The average molecular weight is 866 g/mol. The number of nitrogens with zero attached hydrogens (tertiary/aromatic N) is 7. The maximum atomic E-state index is 13.4. The number of aromatic hydroxyl groups is 2. The standard InChI is InChI=1S/C22H28N4O6.C19H31N7O4/c27-11-9-23-5-7-25-13-1-2-14(26-8-6-24-10-12-28)18-17(13)21(31)19-15(29)3-4-16(30)20(19)22(18)32;27-10-6-25(7-11-28)18-20-14-15-16(22-18)17(24-4-2-1-3-5-24)23-19(21-15)26(8-12-29)9-13-30/h1-4,23-30H,5-12H2;14,27-30H,1-13H2. The Kier molecular flexibility index (Phi) is 18.6. The molecule has 1 aliphatic carbocycles. The molecule has 0 radical (unpaired) electrons. The summed E-state index contributed by atoms with van der Waals surface area (Å²) in [4.78, 5) is 50.8. The second-order valence-electron chi connectivity index (χ2n) is 14.4. The number of anilines is 5. The van der Waals surface area contributed by atoms with Gasteiger partial charge in [-0.25, -0.2) is 15.0 Å². The molecule has 21 nitrogen and oxygen atoms in total. The molecule has 0 spiro atoms. The van der Waals surface area contributed by atoms with E-state index in [-0.39, 0.29) is 73.4 Å². The van der Waals surface area contributed by atoms with Crippen LogP contribution in [0.3, 0.4) is 0 Å².